The number of ether oxygens (including phenoxy) is 2. The van der Waals surface area contributed by atoms with E-state index in [1.54, 1.807) is 0 Å². The van der Waals surface area contributed by atoms with Gasteiger partial charge in [-0.2, -0.15) is 0 Å². The Bertz CT molecular complexity index is 887. The van der Waals surface area contributed by atoms with E-state index in [0.717, 1.165) is 42.5 Å². The molecule has 0 saturated heterocycles. The van der Waals surface area contributed by atoms with Gasteiger partial charge in [-0.15, -0.1) is 11.3 Å². The standard InChI is InChI=1S/C20H21Cl2NO4S/c1-3-4-8-27-17-13(21)9-11(10-14(17)22)18(24)23-19-16(20(25)26-2)12-6-5-7-15(12)28-19/h9-10H,3-8H2,1-2H3,(H,23,24). The van der Waals surface area contributed by atoms with Crippen LogP contribution in [0.15, 0.2) is 12.1 Å². The van der Waals surface area contributed by atoms with Crippen LogP contribution in [0.3, 0.4) is 0 Å². The van der Waals surface area contributed by atoms with E-state index < -0.39 is 11.9 Å². The molecule has 1 N–H and O–H groups in total. The molecule has 1 aromatic carbocycles. The Kier molecular flexibility index (Phi) is 6.86. The van der Waals surface area contributed by atoms with Crippen LogP contribution >= 0.6 is 34.5 Å². The lowest BCUT2D eigenvalue weighted by Crippen LogP contribution is -2.15. The fraction of sp³-hybridized carbons (Fsp3) is 0.400. The Labute approximate surface area is 177 Å². The van der Waals surface area contributed by atoms with Crippen molar-refractivity contribution in [1.82, 2.24) is 0 Å². The third kappa shape index (κ3) is 4.29. The van der Waals surface area contributed by atoms with E-state index in [4.69, 9.17) is 32.7 Å². The molecule has 3 rings (SSSR count). The minimum atomic E-state index is -0.439. The van der Waals surface area contributed by atoms with Crippen molar-refractivity contribution in [3.05, 3.63) is 43.7 Å². The quantitative estimate of drug-likeness (QED) is 0.437. The van der Waals surface area contributed by atoms with Crippen molar-refractivity contribution >= 4 is 51.4 Å². The number of carbonyl (C=O) groups excluding carboxylic acids is 2. The van der Waals surface area contributed by atoms with E-state index in [2.05, 4.69) is 12.2 Å². The van der Waals surface area contributed by atoms with Gasteiger partial charge in [0.15, 0.2) is 5.75 Å². The zero-order valence-electron chi connectivity index (χ0n) is 15.7. The van der Waals surface area contributed by atoms with Gasteiger partial charge in [0.1, 0.15) is 5.00 Å². The Morgan fingerprint density at radius 3 is 2.57 bits per heavy atom. The molecule has 0 unspecified atom stereocenters. The molecule has 1 aliphatic rings. The summed E-state index contributed by atoms with van der Waals surface area (Å²) in [6, 6.07) is 3.03. The number of thiophene rings is 1. The molecule has 1 aromatic heterocycles. The van der Waals surface area contributed by atoms with Gasteiger partial charge in [-0.05, 0) is 43.4 Å². The smallest absolute Gasteiger partial charge is 0.341 e. The van der Waals surface area contributed by atoms with Gasteiger partial charge in [0, 0.05) is 10.4 Å². The molecule has 1 heterocycles. The molecule has 0 fully saturated rings. The first kappa shape index (κ1) is 21.0. The zero-order chi connectivity index (χ0) is 20.3. The third-order valence-corrected chi connectivity index (χ3v) is 6.31. The summed E-state index contributed by atoms with van der Waals surface area (Å²) in [6.07, 6.45) is 4.59. The summed E-state index contributed by atoms with van der Waals surface area (Å²) in [6.45, 7) is 2.56. The van der Waals surface area contributed by atoms with E-state index in [0.29, 0.717) is 28.5 Å². The topological polar surface area (TPSA) is 64.6 Å². The molecule has 1 aliphatic carbocycles. The van der Waals surface area contributed by atoms with Crippen LogP contribution in [0.2, 0.25) is 10.0 Å². The largest absolute Gasteiger partial charge is 0.490 e. The Hall–Kier alpha value is -1.76. The molecule has 5 nitrogen and oxygen atoms in total. The number of carbonyl (C=O) groups is 2. The Morgan fingerprint density at radius 2 is 1.93 bits per heavy atom. The molecule has 0 spiro atoms. The predicted molar refractivity (Wildman–Crippen MR) is 113 cm³/mol. The first-order valence-electron chi connectivity index (χ1n) is 9.12. The Balaban J connectivity index is 1.83. The molecule has 0 saturated carbocycles. The molecule has 0 radical (unpaired) electrons. The summed E-state index contributed by atoms with van der Waals surface area (Å²) >= 11 is 13.9. The molecule has 150 valence electrons. The minimum absolute atomic E-state index is 0.274. The molecule has 0 bridgehead atoms. The number of aryl methyl sites for hydroxylation is 1. The number of hydrogen-bond donors (Lipinski definition) is 1. The average Bonchev–Trinajstić information content (AvgIpc) is 3.24. The number of hydrogen-bond acceptors (Lipinski definition) is 5. The summed E-state index contributed by atoms with van der Waals surface area (Å²) in [5.41, 5.74) is 1.72. The van der Waals surface area contributed by atoms with Gasteiger partial charge in [0.25, 0.3) is 5.91 Å². The number of amides is 1. The van der Waals surface area contributed by atoms with Crippen molar-refractivity contribution in [1.29, 1.82) is 0 Å². The maximum absolute atomic E-state index is 12.8. The van der Waals surface area contributed by atoms with Crippen molar-refractivity contribution in [2.75, 3.05) is 19.0 Å². The second-order valence-electron chi connectivity index (χ2n) is 6.48. The second-order valence-corrected chi connectivity index (χ2v) is 8.40. The first-order chi connectivity index (χ1) is 13.5. The monoisotopic (exact) mass is 441 g/mol. The lowest BCUT2D eigenvalue weighted by atomic mass is 10.1. The van der Waals surface area contributed by atoms with Gasteiger partial charge in [-0.1, -0.05) is 36.5 Å². The molecule has 28 heavy (non-hydrogen) atoms. The number of fused-ring (bicyclic) bond motifs is 1. The summed E-state index contributed by atoms with van der Waals surface area (Å²) in [5, 5.41) is 3.86. The number of methoxy groups -OCH3 is 1. The maximum atomic E-state index is 12.8. The van der Waals surface area contributed by atoms with Gasteiger partial charge in [0.2, 0.25) is 0 Å². The zero-order valence-corrected chi connectivity index (χ0v) is 18.0. The van der Waals surface area contributed by atoms with E-state index in [1.807, 2.05) is 0 Å². The predicted octanol–water partition coefficient (Wildman–Crippen LogP) is 5.76. The van der Waals surface area contributed by atoms with Crippen LogP contribution in [0, 0.1) is 0 Å². The number of benzene rings is 1. The lowest BCUT2D eigenvalue weighted by molar-refractivity contribution is 0.0601. The number of rotatable bonds is 7. The van der Waals surface area contributed by atoms with E-state index in [1.165, 1.54) is 30.6 Å². The second kappa shape index (κ2) is 9.16. The van der Waals surface area contributed by atoms with Crippen LogP contribution in [-0.2, 0) is 17.6 Å². The molecule has 0 atom stereocenters. The SMILES string of the molecule is CCCCOc1c(Cl)cc(C(=O)Nc2sc3c(c2C(=O)OC)CCC3)cc1Cl. The maximum Gasteiger partial charge on any atom is 0.341 e. The van der Waals surface area contributed by atoms with Crippen molar-refractivity contribution in [2.24, 2.45) is 0 Å². The number of esters is 1. The lowest BCUT2D eigenvalue weighted by Gasteiger charge is -2.12. The van der Waals surface area contributed by atoms with Crippen molar-refractivity contribution in [3.8, 4) is 5.75 Å². The number of unbranched alkanes of at least 4 members (excludes halogenated alkanes) is 1. The van der Waals surface area contributed by atoms with Crippen LogP contribution in [-0.4, -0.2) is 25.6 Å². The van der Waals surface area contributed by atoms with E-state index in [9.17, 15) is 9.59 Å². The fourth-order valence-electron chi connectivity index (χ4n) is 3.13. The highest BCUT2D eigenvalue weighted by Gasteiger charge is 2.28. The number of halogens is 2. The van der Waals surface area contributed by atoms with Crippen LogP contribution in [0.1, 0.15) is 57.3 Å². The number of nitrogens with one attached hydrogen (secondary N) is 1. The van der Waals surface area contributed by atoms with Crippen LogP contribution in [0.25, 0.3) is 0 Å². The summed E-state index contributed by atoms with van der Waals surface area (Å²) in [5.74, 6) is -0.460. The normalized spacial score (nSPS) is 12.6. The highest BCUT2D eigenvalue weighted by Crippen LogP contribution is 2.40. The number of anilines is 1. The highest BCUT2D eigenvalue weighted by atomic mass is 35.5. The fourth-order valence-corrected chi connectivity index (χ4v) is 5.00. The van der Waals surface area contributed by atoms with Crippen LogP contribution in [0.4, 0.5) is 5.00 Å². The van der Waals surface area contributed by atoms with Crippen molar-refractivity contribution < 1.29 is 19.1 Å². The van der Waals surface area contributed by atoms with E-state index in [-0.39, 0.29) is 10.0 Å². The molecule has 1 amide bonds. The summed E-state index contributed by atoms with van der Waals surface area (Å²) in [4.78, 5) is 26.1. The molecule has 2 aromatic rings. The van der Waals surface area contributed by atoms with Gasteiger partial charge in [-0.25, -0.2) is 4.79 Å². The average molecular weight is 442 g/mol. The van der Waals surface area contributed by atoms with Gasteiger partial charge < -0.3 is 14.8 Å². The third-order valence-electron chi connectivity index (χ3n) is 4.54. The van der Waals surface area contributed by atoms with Gasteiger partial charge in [-0.3, -0.25) is 4.79 Å². The molecule has 0 aliphatic heterocycles. The summed E-state index contributed by atoms with van der Waals surface area (Å²) in [7, 11) is 1.34. The Morgan fingerprint density at radius 1 is 1.21 bits per heavy atom. The van der Waals surface area contributed by atoms with Gasteiger partial charge >= 0.3 is 5.97 Å². The summed E-state index contributed by atoms with van der Waals surface area (Å²) < 4.78 is 10.5. The van der Waals surface area contributed by atoms with Gasteiger partial charge in [0.05, 0.1) is 29.3 Å². The van der Waals surface area contributed by atoms with Crippen LogP contribution in [0.5, 0.6) is 5.75 Å². The first-order valence-corrected chi connectivity index (χ1v) is 10.7. The minimum Gasteiger partial charge on any atom is -0.490 e. The molecular formula is C20H21Cl2NO4S. The molecular weight excluding hydrogens is 421 g/mol. The van der Waals surface area contributed by atoms with Crippen molar-refractivity contribution in [2.45, 2.75) is 39.0 Å². The highest BCUT2D eigenvalue weighted by molar-refractivity contribution is 7.17. The van der Waals surface area contributed by atoms with Crippen molar-refractivity contribution in [3.63, 3.8) is 0 Å². The molecule has 8 heteroatoms. The van der Waals surface area contributed by atoms with Crippen LogP contribution < -0.4 is 10.1 Å². The van der Waals surface area contributed by atoms with E-state index >= 15 is 0 Å².